The second kappa shape index (κ2) is 5.10. The van der Waals surface area contributed by atoms with Crippen LogP contribution >= 0.6 is 0 Å². The van der Waals surface area contributed by atoms with Gasteiger partial charge in [0.15, 0.2) is 5.82 Å². The highest BCUT2D eigenvalue weighted by Crippen LogP contribution is 2.35. The van der Waals surface area contributed by atoms with Crippen LogP contribution in [0.2, 0.25) is 0 Å². The van der Waals surface area contributed by atoms with Gasteiger partial charge in [-0.15, -0.1) is 0 Å². The number of hydrogen-bond donors (Lipinski definition) is 1. The topological polar surface area (TPSA) is 74.2 Å². The summed E-state index contributed by atoms with van der Waals surface area (Å²) in [5.74, 6) is -0.571. The highest BCUT2D eigenvalue weighted by molar-refractivity contribution is 4.84. The first-order valence-corrected chi connectivity index (χ1v) is 4.41. The molecule has 0 atom stereocenters. The van der Waals surface area contributed by atoms with Crippen molar-refractivity contribution in [2.24, 2.45) is 5.73 Å². The summed E-state index contributed by atoms with van der Waals surface area (Å²) in [6, 6.07) is 0. The maximum absolute atomic E-state index is 12.1. The molecular formula is C7H7F6N3O2. The van der Waals surface area contributed by atoms with Crippen LogP contribution in [0.1, 0.15) is 11.7 Å². The summed E-state index contributed by atoms with van der Waals surface area (Å²) >= 11 is 0. The lowest BCUT2D eigenvalue weighted by Crippen LogP contribution is -2.44. The molecule has 0 spiro atoms. The van der Waals surface area contributed by atoms with Crippen LogP contribution < -0.4 is 5.73 Å². The Morgan fingerprint density at radius 3 is 2.11 bits per heavy atom. The summed E-state index contributed by atoms with van der Waals surface area (Å²) in [6.45, 7) is -1.28. The van der Waals surface area contributed by atoms with Gasteiger partial charge in [0.25, 0.3) is 0 Å². The van der Waals surface area contributed by atoms with Crippen molar-refractivity contribution in [2.75, 3.05) is 0 Å². The molecule has 1 aromatic heterocycles. The number of nitrogens with zero attached hydrogens (tertiary/aromatic N) is 2. The lowest BCUT2D eigenvalue weighted by molar-refractivity contribution is -0.324. The fourth-order valence-electron chi connectivity index (χ4n) is 0.964. The van der Waals surface area contributed by atoms with E-state index >= 15 is 0 Å². The molecule has 11 heteroatoms. The number of ether oxygens (including phenoxy) is 1. The van der Waals surface area contributed by atoms with Gasteiger partial charge in [0.05, 0.1) is 6.54 Å². The molecule has 0 aliphatic heterocycles. The summed E-state index contributed by atoms with van der Waals surface area (Å²) in [6.07, 6.45) is -15.0. The second-order valence-electron chi connectivity index (χ2n) is 3.08. The van der Waals surface area contributed by atoms with Gasteiger partial charge >= 0.3 is 12.4 Å². The number of alkyl halides is 6. The third-order valence-corrected chi connectivity index (χ3v) is 1.66. The Labute approximate surface area is 95.9 Å². The standard InChI is InChI=1S/C7H7F6N3O2/c8-6(9,10)5(7(11,12)13)17-2-3-15-4(1-14)18-16-3/h5H,1-2,14H2. The molecule has 0 saturated carbocycles. The van der Waals surface area contributed by atoms with Crippen LogP contribution in [0.15, 0.2) is 4.52 Å². The Morgan fingerprint density at radius 2 is 1.72 bits per heavy atom. The van der Waals surface area contributed by atoms with E-state index in [9.17, 15) is 26.3 Å². The van der Waals surface area contributed by atoms with Crippen molar-refractivity contribution in [3.8, 4) is 0 Å². The molecule has 0 amide bonds. The van der Waals surface area contributed by atoms with Crippen molar-refractivity contribution in [3.63, 3.8) is 0 Å². The molecular weight excluding hydrogens is 272 g/mol. The van der Waals surface area contributed by atoms with Crippen molar-refractivity contribution in [1.29, 1.82) is 0 Å². The van der Waals surface area contributed by atoms with Crippen LogP contribution in [0.4, 0.5) is 26.3 Å². The van der Waals surface area contributed by atoms with Gasteiger partial charge in [-0.2, -0.15) is 31.3 Å². The van der Waals surface area contributed by atoms with Crippen LogP contribution in [0.5, 0.6) is 0 Å². The van der Waals surface area contributed by atoms with Crippen LogP contribution in [0, 0.1) is 0 Å². The molecule has 1 heterocycles. The van der Waals surface area contributed by atoms with E-state index in [1.807, 2.05) is 0 Å². The largest absolute Gasteiger partial charge is 0.423 e. The van der Waals surface area contributed by atoms with E-state index in [4.69, 9.17) is 5.73 Å². The number of rotatable bonds is 4. The SMILES string of the molecule is NCc1nc(COC(C(F)(F)F)C(F)(F)F)no1. The molecule has 0 bridgehead atoms. The molecule has 0 aliphatic carbocycles. The van der Waals surface area contributed by atoms with Crippen molar-refractivity contribution < 1.29 is 35.6 Å². The Morgan fingerprint density at radius 1 is 1.17 bits per heavy atom. The summed E-state index contributed by atoms with van der Waals surface area (Å²) in [4.78, 5) is 3.40. The van der Waals surface area contributed by atoms with Gasteiger partial charge in [0, 0.05) is 0 Å². The van der Waals surface area contributed by atoms with E-state index in [2.05, 4.69) is 19.4 Å². The highest BCUT2D eigenvalue weighted by Gasteiger charge is 2.58. The van der Waals surface area contributed by atoms with Crippen LogP contribution in [-0.2, 0) is 17.9 Å². The summed E-state index contributed by atoms with van der Waals surface area (Å²) in [5, 5.41) is 3.10. The average Bonchev–Trinajstić information content (AvgIpc) is 2.61. The Kier molecular flexibility index (Phi) is 4.16. The number of nitrogens with two attached hydrogens (primary N) is 1. The fourth-order valence-corrected chi connectivity index (χ4v) is 0.964. The molecule has 5 nitrogen and oxygen atoms in total. The normalized spacial score (nSPS) is 13.3. The third-order valence-electron chi connectivity index (χ3n) is 1.66. The maximum atomic E-state index is 12.1. The van der Waals surface area contributed by atoms with E-state index in [-0.39, 0.29) is 12.4 Å². The molecule has 104 valence electrons. The zero-order chi connectivity index (χ0) is 14.0. The van der Waals surface area contributed by atoms with Crippen molar-refractivity contribution in [3.05, 3.63) is 11.7 Å². The second-order valence-corrected chi connectivity index (χ2v) is 3.08. The van der Waals surface area contributed by atoms with Gasteiger partial charge in [-0.1, -0.05) is 5.16 Å². The monoisotopic (exact) mass is 279 g/mol. The quantitative estimate of drug-likeness (QED) is 0.846. The zero-order valence-electron chi connectivity index (χ0n) is 8.55. The minimum absolute atomic E-state index is 0.121. The van der Waals surface area contributed by atoms with E-state index in [1.54, 1.807) is 0 Å². The van der Waals surface area contributed by atoms with Gasteiger partial charge in [-0.3, -0.25) is 0 Å². The van der Waals surface area contributed by atoms with Gasteiger partial charge in [-0.05, 0) is 0 Å². The molecule has 18 heavy (non-hydrogen) atoms. The number of hydrogen-bond acceptors (Lipinski definition) is 5. The maximum Gasteiger partial charge on any atom is 0.423 e. The predicted molar refractivity (Wildman–Crippen MR) is 42.9 cm³/mol. The molecule has 0 unspecified atom stereocenters. The van der Waals surface area contributed by atoms with Gasteiger partial charge in [-0.25, -0.2) is 0 Å². The van der Waals surface area contributed by atoms with Crippen molar-refractivity contribution >= 4 is 0 Å². The van der Waals surface area contributed by atoms with E-state index in [1.165, 1.54) is 0 Å². The average molecular weight is 279 g/mol. The molecule has 0 aliphatic rings. The molecule has 2 N–H and O–H groups in total. The summed E-state index contributed by atoms with van der Waals surface area (Å²) in [7, 11) is 0. The highest BCUT2D eigenvalue weighted by atomic mass is 19.4. The van der Waals surface area contributed by atoms with Crippen LogP contribution in [0.25, 0.3) is 0 Å². The predicted octanol–water partition coefficient (Wildman–Crippen LogP) is 1.54. The first-order chi connectivity index (χ1) is 8.14. The van der Waals surface area contributed by atoms with Gasteiger partial charge < -0.3 is 15.0 Å². The van der Waals surface area contributed by atoms with Gasteiger partial charge in [0.1, 0.15) is 6.61 Å². The minimum atomic E-state index is -5.57. The van der Waals surface area contributed by atoms with Crippen LogP contribution in [0.3, 0.4) is 0 Å². The first-order valence-electron chi connectivity index (χ1n) is 4.41. The minimum Gasteiger partial charge on any atom is -0.353 e. The van der Waals surface area contributed by atoms with Gasteiger partial charge in [0.2, 0.25) is 12.0 Å². The first kappa shape index (κ1) is 14.7. The third kappa shape index (κ3) is 3.84. The summed E-state index contributed by atoms with van der Waals surface area (Å²) in [5.41, 5.74) is 5.06. The molecule has 1 aromatic rings. The van der Waals surface area contributed by atoms with Crippen molar-refractivity contribution in [2.45, 2.75) is 31.6 Å². The molecule has 0 radical (unpaired) electrons. The van der Waals surface area contributed by atoms with E-state index < -0.39 is 30.9 Å². The zero-order valence-corrected chi connectivity index (χ0v) is 8.55. The lowest BCUT2D eigenvalue weighted by atomic mass is 10.3. The lowest BCUT2D eigenvalue weighted by Gasteiger charge is -2.22. The van der Waals surface area contributed by atoms with E-state index in [0.717, 1.165) is 0 Å². The number of halogens is 6. The number of aromatic nitrogens is 2. The van der Waals surface area contributed by atoms with Crippen molar-refractivity contribution in [1.82, 2.24) is 10.1 Å². The molecule has 1 rings (SSSR count). The van der Waals surface area contributed by atoms with Crippen LogP contribution in [-0.4, -0.2) is 28.6 Å². The Hall–Kier alpha value is -1.36. The molecule has 0 aromatic carbocycles. The fraction of sp³-hybridized carbons (Fsp3) is 0.714. The Balaban J connectivity index is 2.68. The molecule has 0 saturated heterocycles. The molecule has 0 fully saturated rings. The Bertz CT molecular complexity index is 373. The van der Waals surface area contributed by atoms with E-state index in [0.29, 0.717) is 0 Å². The summed E-state index contributed by atoms with van der Waals surface area (Å²) < 4.78 is 80.5. The smallest absolute Gasteiger partial charge is 0.353 e.